The maximum atomic E-state index is 8.54. The molecule has 0 radical (unpaired) electrons. The summed E-state index contributed by atoms with van der Waals surface area (Å²) in [6, 6.07) is 0. The monoisotopic (exact) mass is 214 g/mol. The fourth-order valence-electron chi connectivity index (χ4n) is 1.42. The number of unbranched alkanes of at least 4 members (excludes halogenated alkanes) is 8. The molecule has 0 heterocycles. The summed E-state index contributed by atoms with van der Waals surface area (Å²) in [5.74, 6) is 0. The van der Waals surface area contributed by atoms with Gasteiger partial charge in [-0.2, -0.15) is 0 Å². The molecule has 0 aliphatic rings. The Morgan fingerprint density at radius 2 is 1.15 bits per heavy atom. The second-order valence-corrected chi connectivity index (χ2v) is 3.55. The van der Waals surface area contributed by atoms with Crippen LogP contribution in [0.1, 0.15) is 67.6 Å². The van der Waals surface area contributed by atoms with Gasteiger partial charge in [-0.05, 0) is 6.42 Å². The molecule has 0 aromatic carbocycles. The van der Waals surface area contributed by atoms with Gasteiger partial charge in [-0.3, -0.25) is 0 Å². The smallest absolute Gasteiger partial charge is 1.00 e. The second kappa shape index (κ2) is 15.7. The summed E-state index contributed by atoms with van der Waals surface area (Å²) in [5, 5.41) is 8.54. The molecule has 0 aromatic rings. The third kappa shape index (κ3) is 15.9. The minimum atomic E-state index is 0. The third-order valence-corrected chi connectivity index (χ3v) is 2.26. The molecule has 0 spiro atoms. The summed E-state index contributed by atoms with van der Waals surface area (Å²) < 4.78 is 0. The van der Waals surface area contributed by atoms with Gasteiger partial charge in [-0.25, -0.2) is 0 Å². The Morgan fingerprint density at radius 1 is 0.769 bits per heavy atom. The van der Waals surface area contributed by atoms with Gasteiger partial charge in [0.15, 0.2) is 0 Å². The summed E-state index contributed by atoms with van der Waals surface area (Å²) in [4.78, 5) is 0. The number of hydrogen-bond donors (Lipinski definition) is 1. The Kier molecular flexibility index (Phi) is 20.1. The van der Waals surface area contributed by atoms with E-state index in [-0.39, 0.29) is 40.6 Å². The fourth-order valence-corrected chi connectivity index (χ4v) is 1.42. The van der Waals surface area contributed by atoms with E-state index in [2.05, 4.69) is 6.92 Å². The number of aliphatic hydroxyl groups excluding tert-OH is 1. The van der Waals surface area contributed by atoms with Crippen molar-refractivity contribution in [3.63, 3.8) is 0 Å². The Labute approximate surface area is 116 Å². The molecule has 0 saturated heterocycles. The average Bonchev–Trinajstić information content (AvgIpc) is 2.10. The molecule has 0 saturated carbocycles. The van der Waals surface area contributed by atoms with Crippen LogP contribution in [0.15, 0.2) is 0 Å². The summed E-state index contributed by atoms with van der Waals surface area (Å²) in [7, 11) is 0. The topological polar surface area (TPSA) is 20.2 Å². The molecule has 78 valence electrons. The predicted molar refractivity (Wildman–Crippen MR) is 62.3 cm³/mol. The molecule has 0 aliphatic carbocycles. The zero-order valence-corrected chi connectivity index (χ0v) is 11.4. The van der Waals surface area contributed by atoms with Crippen LogP contribution in [0.4, 0.5) is 0 Å². The first-order chi connectivity index (χ1) is 5.91. The summed E-state index contributed by atoms with van der Waals surface area (Å²) in [6.45, 7) is 2.62. The van der Waals surface area contributed by atoms with Crippen molar-refractivity contribution in [3.05, 3.63) is 0 Å². The van der Waals surface area contributed by atoms with Crippen molar-refractivity contribution in [2.45, 2.75) is 64.7 Å². The predicted octanol–water partition coefficient (Wildman–Crippen LogP) is 3.35. The Balaban J connectivity index is -0.000000202. The molecular weight excluding hydrogens is 188 g/mol. The maximum Gasteiger partial charge on any atom is 2.00 e. The van der Waals surface area contributed by atoms with E-state index in [1.807, 2.05) is 0 Å². The van der Waals surface area contributed by atoms with E-state index >= 15 is 0 Å². The van der Waals surface area contributed by atoms with Gasteiger partial charge < -0.3 is 7.96 Å². The Bertz CT molecular complexity index is 75.0. The van der Waals surface area contributed by atoms with Gasteiger partial charge in [0.25, 0.3) is 0 Å². The molecule has 0 fully saturated rings. The van der Waals surface area contributed by atoms with Crippen LogP contribution in [0.5, 0.6) is 0 Å². The van der Waals surface area contributed by atoms with E-state index in [9.17, 15) is 0 Å². The van der Waals surface area contributed by atoms with Gasteiger partial charge in [0.05, 0.1) is 0 Å². The van der Waals surface area contributed by atoms with Crippen LogP contribution in [-0.4, -0.2) is 49.5 Å². The average molecular weight is 214 g/mol. The summed E-state index contributed by atoms with van der Waals surface area (Å²) in [5.41, 5.74) is 0. The van der Waals surface area contributed by atoms with Crippen molar-refractivity contribution in [3.8, 4) is 0 Å². The molecule has 2 heteroatoms. The van der Waals surface area contributed by atoms with Gasteiger partial charge in [-0.15, -0.1) is 0 Å². The van der Waals surface area contributed by atoms with Crippen molar-refractivity contribution in [2.24, 2.45) is 0 Å². The molecule has 0 aliphatic heterocycles. The van der Waals surface area contributed by atoms with E-state index in [0.29, 0.717) is 6.61 Å². The van der Waals surface area contributed by atoms with Gasteiger partial charge in [0.2, 0.25) is 0 Å². The molecule has 1 N–H and O–H groups in total. The van der Waals surface area contributed by atoms with Crippen molar-refractivity contribution < 1.29 is 7.96 Å². The molecule has 0 rings (SSSR count). The first-order valence-electron chi connectivity index (χ1n) is 5.52. The van der Waals surface area contributed by atoms with Crippen molar-refractivity contribution >= 4 is 37.7 Å². The Hall–Kier alpha value is 1.22. The standard InChI is InChI=1S/C11H24O.Ca.2H/c1-2-3-4-5-6-7-8-9-10-11-12;;;/h12H,2-11H2,1H3;;;/q;+2;2*-1. The van der Waals surface area contributed by atoms with Gasteiger partial charge in [0.1, 0.15) is 0 Å². The largest absolute Gasteiger partial charge is 2.00 e. The quantitative estimate of drug-likeness (QED) is 0.461. The van der Waals surface area contributed by atoms with Crippen LogP contribution in [0.25, 0.3) is 0 Å². The maximum absolute atomic E-state index is 8.54. The summed E-state index contributed by atoms with van der Waals surface area (Å²) >= 11 is 0. The van der Waals surface area contributed by atoms with E-state index in [1.54, 1.807) is 0 Å². The zero-order chi connectivity index (χ0) is 9.07. The van der Waals surface area contributed by atoms with E-state index in [1.165, 1.54) is 51.4 Å². The van der Waals surface area contributed by atoms with Crippen LogP contribution in [0, 0.1) is 0 Å². The molecule has 0 bridgehead atoms. The van der Waals surface area contributed by atoms with E-state index in [0.717, 1.165) is 6.42 Å². The zero-order valence-electron chi connectivity index (χ0n) is 11.2. The van der Waals surface area contributed by atoms with Crippen LogP contribution in [0.3, 0.4) is 0 Å². The summed E-state index contributed by atoms with van der Waals surface area (Å²) in [6.07, 6.45) is 11.8. The van der Waals surface area contributed by atoms with Crippen molar-refractivity contribution in [2.75, 3.05) is 6.61 Å². The molecular formula is C11H26CaO. The van der Waals surface area contributed by atoms with Crippen molar-refractivity contribution in [1.82, 2.24) is 0 Å². The minimum absolute atomic E-state index is 0. The normalized spacial score (nSPS) is 9.69. The second-order valence-electron chi connectivity index (χ2n) is 3.55. The molecule has 1 nitrogen and oxygen atoms in total. The number of aliphatic hydroxyl groups is 1. The Morgan fingerprint density at radius 3 is 1.54 bits per heavy atom. The molecule has 0 aromatic heterocycles. The van der Waals surface area contributed by atoms with E-state index in [4.69, 9.17) is 5.11 Å². The fraction of sp³-hybridized carbons (Fsp3) is 1.00. The number of hydrogen-bond acceptors (Lipinski definition) is 1. The number of rotatable bonds is 9. The van der Waals surface area contributed by atoms with Crippen LogP contribution < -0.4 is 0 Å². The van der Waals surface area contributed by atoms with Gasteiger partial charge in [-0.1, -0.05) is 58.3 Å². The third-order valence-electron chi connectivity index (χ3n) is 2.26. The van der Waals surface area contributed by atoms with Gasteiger partial charge in [0, 0.05) is 6.61 Å². The molecule has 0 unspecified atom stereocenters. The molecule has 0 atom stereocenters. The van der Waals surface area contributed by atoms with Crippen LogP contribution in [-0.2, 0) is 0 Å². The first kappa shape index (κ1) is 16.6. The molecule has 13 heavy (non-hydrogen) atoms. The van der Waals surface area contributed by atoms with Gasteiger partial charge >= 0.3 is 37.7 Å². The molecule has 0 amide bonds. The van der Waals surface area contributed by atoms with Crippen molar-refractivity contribution in [1.29, 1.82) is 0 Å². The minimum Gasteiger partial charge on any atom is -1.00 e. The SMILES string of the molecule is CCCCCCCCCCCO.[Ca+2].[H-].[H-]. The van der Waals surface area contributed by atoms with E-state index < -0.39 is 0 Å². The van der Waals surface area contributed by atoms with Crippen LogP contribution >= 0.6 is 0 Å². The first-order valence-corrected chi connectivity index (χ1v) is 5.52. The van der Waals surface area contributed by atoms with Crippen LogP contribution in [0.2, 0.25) is 0 Å².